The third-order valence-electron chi connectivity index (χ3n) is 19.0. The molecule has 4 heteroatoms. The lowest BCUT2D eigenvalue weighted by Crippen LogP contribution is -2.61. The standard InChI is InChI=1S/C67H77BN2S/c1-40-32-55-58-56(33-40)70(53-25-22-42(61(2,3)4)34-44(53)41-20-18-17-19-21-41)54-38-50-49(65(11,12)29-30-66(50,13)14)37-52(54)68(58)60-59(45-36-48-51(39-57(45)71-60)67(15,16)31-28-64(48,9)10)69(55)43-23-24-46-47(35-43)63(7,8)27-26-62(46,5)6/h17-25,32-39H,26-31H2,1-16H3. The lowest BCUT2D eigenvalue weighted by atomic mass is 9.35. The van der Waals surface area contributed by atoms with Crippen molar-refractivity contribution in [1.82, 2.24) is 0 Å². The van der Waals surface area contributed by atoms with Gasteiger partial charge in [0.25, 0.3) is 6.71 Å². The van der Waals surface area contributed by atoms with Gasteiger partial charge in [0.2, 0.25) is 0 Å². The predicted octanol–water partition coefficient (Wildman–Crippen LogP) is 17.3. The summed E-state index contributed by atoms with van der Waals surface area (Å²) in [6.07, 6.45) is 7.14. The Morgan fingerprint density at radius 3 is 1.59 bits per heavy atom. The van der Waals surface area contributed by atoms with Crippen molar-refractivity contribution in [2.45, 2.75) is 187 Å². The molecule has 5 aliphatic rings. The normalized spacial score (nSPS) is 20.4. The molecule has 0 saturated carbocycles. The Morgan fingerprint density at radius 1 is 0.479 bits per heavy atom. The summed E-state index contributed by atoms with van der Waals surface area (Å²) in [5, 5.41) is 1.41. The Balaban J connectivity index is 1.23. The first-order valence-electron chi connectivity index (χ1n) is 27.1. The molecule has 71 heavy (non-hydrogen) atoms. The Bertz CT molecular complexity index is 3390. The van der Waals surface area contributed by atoms with Crippen LogP contribution < -0.4 is 25.5 Å². The zero-order chi connectivity index (χ0) is 50.3. The highest BCUT2D eigenvalue weighted by Crippen LogP contribution is 2.56. The number of hydrogen-bond acceptors (Lipinski definition) is 3. The van der Waals surface area contributed by atoms with E-state index < -0.39 is 0 Å². The molecule has 0 N–H and O–H groups in total. The number of nitrogens with zero attached hydrogens (tertiary/aromatic N) is 2. The molecule has 6 aromatic carbocycles. The molecule has 2 nitrogen and oxygen atoms in total. The fourth-order valence-corrected chi connectivity index (χ4v) is 15.4. The summed E-state index contributed by atoms with van der Waals surface area (Å²) in [7, 11) is 0. The largest absolute Gasteiger partial charge is 0.311 e. The first-order chi connectivity index (χ1) is 33.2. The summed E-state index contributed by atoms with van der Waals surface area (Å²) in [5.41, 5.74) is 25.5. The van der Waals surface area contributed by atoms with Crippen molar-refractivity contribution < 1.29 is 0 Å². The summed E-state index contributed by atoms with van der Waals surface area (Å²) in [6, 6.07) is 42.0. The van der Waals surface area contributed by atoms with Gasteiger partial charge >= 0.3 is 0 Å². The average Bonchev–Trinajstić information content (AvgIpc) is 3.68. The van der Waals surface area contributed by atoms with Crippen LogP contribution in [0.4, 0.5) is 34.1 Å². The number of hydrogen-bond donors (Lipinski definition) is 0. The maximum atomic E-state index is 2.76. The molecule has 364 valence electrons. The molecule has 1 aromatic heterocycles. The number of rotatable bonds is 3. The predicted molar refractivity (Wildman–Crippen MR) is 311 cm³/mol. The minimum Gasteiger partial charge on any atom is -0.311 e. The van der Waals surface area contributed by atoms with Crippen LogP contribution in [-0.4, -0.2) is 6.71 Å². The van der Waals surface area contributed by atoms with Gasteiger partial charge < -0.3 is 9.80 Å². The van der Waals surface area contributed by atoms with Crippen LogP contribution in [-0.2, 0) is 37.9 Å². The van der Waals surface area contributed by atoms with Gasteiger partial charge in [-0.2, -0.15) is 0 Å². The van der Waals surface area contributed by atoms with Crippen molar-refractivity contribution in [2.24, 2.45) is 0 Å². The minimum atomic E-state index is -0.00940. The molecule has 3 heterocycles. The van der Waals surface area contributed by atoms with Gasteiger partial charge in [-0.05, 0) is 199 Å². The van der Waals surface area contributed by atoms with E-state index >= 15 is 0 Å². The second-order valence-electron chi connectivity index (χ2n) is 27.9. The summed E-state index contributed by atoms with van der Waals surface area (Å²) < 4.78 is 2.90. The first kappa shape index (κ1) is 47.0. The second-order valence-corrected chi connectivity index (χ2v) is 29.0. The highest BCUT2D eigenvalue weighted by Gasteiger charge is 2.49. The Hall–Kier alpha value is -5.06. The number of fused-ring (bicyclic) bond motifs is 9. The van der Waals surface area contributed by atoms with Crippen LogP contribution in [0.1, 0.15) is 187 Å². The Kier molecular flexibility index (Phi) is 9.94. The Morgan fingerprint density at radius 2 is 1.00 bits per heavy atom. The molecule has 0 saturated heterocycles. The van der Waals surface area contributed by atoms with E-state index in [4.69, 9.17) is 0 Å². The Labute approximate surface area is 431 Å². The third kappa shape index (κ3) is 6.98. The summed E-state index contributed by atoms with van der Waals surface area (Å²) in [6.45, 7) is 39.3. The van der Waals surface area contributed by atoms with Crippen LogP contribution in [0.5, 0.6) is 0 Å². The summed E-state index contributed by atoms with van der Waals surface area (Å²) >= 11 is 2.09. The zero-order valence-electron chi connectivity index (χ0n) is 45.9. The number of benzene rings is 6. The molecule has 0 spiro atoms. The van der Waals surface area contributed by atoms with Gasteiger partial charge in [0.15, 0.2) is 0 Å². The molecule has 0 radical (unpaired) electrons. The minimum absolute atomic E-state index is 0.00940. The maximum Gasteiger partial charge on any atom is 0.264 e. The van der Waals surface area contributed by atoms with E-state index in [1.54, 1.807) is 5.56 Å². The van der Waals surface area contributed by atoms with Crippen molar-refractivity contribution in [2.75, 3.05) is 9.80 Å². The van der Waals surface area contributed by atoms with Gasteiger partial charge in [-0.25, -0.2) is 0 Å². The van der Waals surface area contributed by atoms with E-state index in [0.717, 1.165) is 0 Å². The SMILES string of the molecule is Cc1cc2c3c(c1)N(c1ccc4c(c1)C(C)(C)CCC4(C)C)c1c(sc4cc5c(cc14)C(C)(C)CCC5(C)C)B3c1cc3c(cc1N2c1ccc(C(C)(C)C)cc1-c1ccccc1)C(C)(C)CCC3(C)C. The van der Waals surface area contributed by atoms with Gasteiger partial charge in [0, 0.05) is 43.2 Å². The third-order valence-corrected chi connectivity index (χ3v) is 20.2. The molecule has 0 atom stereocenters. The van der Waals surface area contributed by atoms with Crippen LogP contribution in [0.25, 0.3) is 21.2 Å². The molecule has 0 fully saturated rings. The van der Waals surface area contributed by atoms with E-state index in [9.17, 15) is 0 Å². The molecule has 3 aliphatic carbocycles. The van der Waals surface area contributed by atoms with Crippen LogP contribution in [0.3, 0.4) is 0 Å². The van der Waals surface area contributed by atoms with Crippen LogP contribution >= 0.6 is 11.3 Å². The van der Waals surface area contributed by atoms with Crippen molar-refractivity contribution in [3.05, 3.63) is 148 Å². The zero-order valence-corrected chi connectivity index (χ0v) is 46.8. The second kappa shape index (κ2) is 15.0. The van der Waals surface area contributed by atoms with E-state index in [-0.39, 0.29) is 44.6 Å². The fourth-order valence-electron chi connectivity index (χ4n) is 14.0. The lowest BCUT2D eigenvalue weighted by molar-refractivity contribution is 0.332. The summed E-state index contributed by atoms with van der Waals surface area (Å²) in [5.74, 6) is 0. The van der Waals surface area contributed by atoms with E-state index in [1.165, 1.54) is 149 Å². The van der Waals surface area contributed by atoms with E-state index in [1.807, 2.05) is 0 Å². The number of anilines is 6. The molecule has 12 rings (SSSR count). The van der Waals surface area contributed by atoms with E-state index in [2.05, 4.69) is 235 Å². The molecule has 0 amide bonds. The van der Waals surface area contributed by atoms with Gasteiger partial charge in [-0.1, -0.05) is 152 Å². The highest BCUT2D eigenvalue weighted by molar-refractivity contribution is 7.33. The van der Waals surface area contributed by atoms with Crippen molar-refractivity contribution in [3.63, 3.8) is 0 Å². The van der Waals surface area contributed by atoms with Crippen LogP contribution in [0, 0.1) is 6.92 Å². The average molecular weight is 953 g/mol. The number of thiophene rings is 1. The maximum absolute atomic E-state index is 2.76. The molecule has 2 aliphatic heterocycles. The van der Waals surface area contributed by atoms with Crippen molar-refractivity contribution >= 4 is 78.0 Å². The van der Waals surface area contributed by atoms with Gasteiger partial charge in [-0.3, -0.25) is 0 Å². The highest BCUT2D eigenvalue weighted by atomic mass is 32.1. The van der Waals surface area contributed by atoms with Gasteiger partial charge in [0.05, 0.1) is 11.4 Å². The van der Waals surface area contributed by atoms with Crippen LogP contribution in [0.15, 0.2) is 103 Å². The summed E-state index contributed by atoms with van der Waals surface area (Å²) in [4.78, 5) is 5.49. The van der Waals surface area contributed by atoms with Gasteiger partial charge in [0.1, 0.15) is 0 Å². The lowest BCUT2D eigenvalue weighted by Gasteiger charge is -2.47. The molecular formula is C67H77BN2S. The molecule has 7 aromatic rings. The monoisotopic (exact) mass is 953 g/mol. The fraction of sp³-hybridized carbons (Fsp3) is 0.433. The molecular weight excluding hydrogens is 876 g/mol. The first-order valence-corrected chi connectivity index (χ1v) is 27.9. The quantitative estimate of drug-likeness (QED) is 0.163. The topological polar surface area (TPSA) is 6.48 Å². The molecule has 0 bridgehead atoms. The van der Waals surface area contributed by atoms with Crippen molar-refractivity contribution in [1.29, 1.82) is 0 Å². The van der Waals surface area contributed by atoms with Crippen molar-refractivity contribution in [3.8, 4) is 11.1 Å². The van der Waals surface area contributed by atoms with E-state index in [0.29, 0.717) is 0 Å². The number of aryl methyl sites for hydroxylation is 1. The molecule has 0 unspecified atom stereocenters. The van der Waals surface area contributed by atoms with Gasteiger partial charge in [-0.15, -0.1) is 11.3 Å². The smallest absolute Gasteiger partial charge is 0.264 e. The van der Waals surface area contributed by atoms with Crippen LogP contribution in [0.2, 0.25) is 0 Å².